The molecule has 0 heterocycles. The topological polar surface area (TPSA) is 54.4 Å². The van der Waals surface area contributed by atoms with Gasteiger partial charge in [-0.2, -0.15) is 0 Å². The van der Waals surface area contributed by atoms with Gasteiger partial charge in [-0.1, -0.05) is 45.0 Å². The first-order chi connectivity index (χ1) is 9.25. The van der Waals surface area contributed by atoms with Gasteiger partial charge in [-0.15, -0.1) is 0 Å². The number of rotatable bonds is 2. The molecule has 108 valence electrons. The molecule has 0 bridgehead atoms. The molecule has 1 saturated carbocycles. The summed E-state index contributed by atoms with van der Waals surface area (Å²) >= 11 is 0. The van der Waals surface area contributed by atoms with Crippen LogP contribution in [0.25, 0.3) is 0 Å². The van der Waals surface area contributed by atoms with Gasteiger partial charge < -0.3 is 5.11 Å². The van der Waals surface area contributed by atoms with E-state index in [9.17, 15) is 14.7 Å². The average Bonchev–Trinajstić information content (AvgIpc) is 2.39. The molecule has 0 amide bonds. The van der Waals surface area contributed by atoms with Crippen LogP contribution in [0.2, 0.25) is 0 Å². The SMILES string of the molecule is CC(C)(C)c1ccc(C2(C(=O)O)CCC(=O)CC2)cc1. The van der Waals surface area contributed by atoms with E-state index in [4.69, 9.17) is 0 Å². The van der Waals surface area contributed by atoms with Crippen molar-refractivity contribution in [2.45, 2.75) is 57.3 Å². The molecule has 0 atom stereocenters. The Morgan fingerprint density at radius 2 is 1.60 bits per heavy atom. The normalized spacial score (nSPS) is 18.9. The highest BCUT2D eigenvalue weighted by molar-refractivity contribution is 5.87. The minimum absolute atomic E-state index is 0.0530. The van der Waals surface area contributed by atoms with E-state index in [-0.39, 0.29) is 11.2 Å². The van der Waals surface area contributed by atoms with Gasteiger partial charge in [0.25, 0.3) is 0 Å². The average molecular weight is 274 g/mol. The van der Waals surface area contributed by atoms with Crippen molar-refractivity contribution in [3.63, 3.8) is 0 Å². The second kappa shape index (κ2) is 5.04. The first kappa shape index (κ1) is 14.8. The zero-order valence-corrected chi connectivity index (χ0v) is 12.4. The number of benzene rings is 1. The van der Waals surface area contributed by atoms with Crippen molar-refractivity contribution >= 4 is 11.8 Å². The molecule has 1 aliphatic carbocycles. The fourth-order valence-corrected chi connectivity index (χ4v) is 2.87. The summed E-state index contributed by atoms with van der Waals surface area (Å²) in [6.45, 7) is 6.40. The predicted octanol–water partition coefficient (Wildman–Crippen LogP) is 3.45. The third-order valence-electron chi connectivity index (χ3n) is 4.37. The van der Waals surface area contributed by atoms with Gasteiger partial charge in [-0.3, -0.25) is 9.59 Å². The Hall–Kier alpha value is -1.64. The van der Waals surface area contributed by atoms with Crippen LogP contribution < -0.4 is 0 Å². The van der Waals surface area contributed by atoms with Gasteiger partial charge >= 0.3 is 5.97 Å². The maximum atomic E-state index is 11.8. The van der Waals surface area contributed by atoms with Crippen LogP contribution in [0, 0.1) is 0 Å². The fraction of sp³-hybridized carbons (Fsp3) is 0.529. The molecule has 3 nitrogen and oxygen atoms in total. The van der Waals surface area contributed by atoms with Crippen LogP contribution in [0.5, 0.6) is 0 Å². The second-order valence-corrected chi connectivity index (χ2v) is 6.75. The summed E-state index contributed by atoms with van der Waals surface area (Å²) in [4.78, 5) is 23.2. The van der Waals surface area contributed by atoms with Gasteiger partial charge in [0.1, 0.15) is 5.78 Å². The molecule has 1 N–H and O–H groups in total. The van der Waals surface area contributed by atoms with E-state index >= 15 is 0 Å². The maximum Gasteiger partial charge on any atom is 0.314 e. The number of carbonyl (C=O) groups excluding carboxylic acids is 1. The summed E-state index contributed by atoms with van der Waals surface area (Å²) in [5, 5.41) is 9.65. The molecule has 0 aromatic heterocycles. The van der Waals surface area contributed by atoms with Crippen molar-refractivity contribution in [1.82, 2.24) is 0 Å². The maximum absolute atomic E-state index is 11.8. The number of Topliss-reactive ketones (excluding diaryl/α,β-unsaturated/α-hetero) is 1. The third kappa shape index (κ3) is 2.62. The molecule has 1 aliphatic rings. The van der Waals surface area contributed by atoms with Crippen molar-refractivity contribution < 1.29 is 14.7 Å². The number of carboxylic acids is 1. The molecular formula is C17H22O3. The van der Waals surface area contributed by atoms with E-state index in [0.29, 0.717) is 25.7 Å². The minimum atomic E-state index is -0.885. The van der Waals surface area contributed by atoms with Gasteiger partial charge in [0, 0.05) is 12.8 Å². The summed E-state index contributed by atoms with van der Waals surface area (Å²) in [6.07, 6.45) is 1.56. The summed E-state index contributed by atoms with van der Waals surface area (Å²) < 4.78 is 0. The van der Waals surface area contributed by atoms with Crippen molar-refractivity contribution in [2.75, 3.05) is 0 Å². The molecule has 1 fully saturated rings. The van der Waals surface area contributed by atoms with E-state index in [2.05, 4.69) is 20.8 Å². The zero-order chi connectivity index (χ0) is 15.0. The Morgan fingerprint density at radius 3 is 2.00 bits per heavy atom. The predicted molar refractivity (Wildman–Crippen MR) is 77.9 cm³/mol. The van der Waals surface area contributed by atoms with Crippen LogP contribution in [0.1, 0.15) is 57.6 Å². The van der Waals surface area contributed by atoms with Crippen molar-refractivity contribution in [1.29, 1.82) is 0 Å². The van der Waals surface area contributed by atoms with E-state index in [0.717, 1.165) is 5.56 Å². The zero-order valence-electron chi connectivity index (χ0n) is 12.4. The molecule has 0 saturated heterocycles. The Labute approximate surface area is 120 Å². The Morgan fingerprint density at radius 1 is 1.10 bits per heavy atom. The lowest BCUT2D eigenvalue weighted by molar-refractivity contribution is -0.146. The molecule has 0 aliphatic heterocycles. The van der Waals surface area contributed by atoms with Gasteiger partial charge in [-0.05, 0) is 29.4 Å². The minimum Gasteiger partial charge on any atom is -0.481 e. The summed E-state index contributed by atoms with van der Waals surface area (Å²) in [5.41, 5.74) is 1.18. The molecule has 20 heavy (non-hydrogen) atoms. The first-order valence-corrected chi connectivity index (χ1v) is 7.12. The van der Waals surface area contributed by atoms with Gasteiger partial charge in [0.2, 0.25) is 0 Å². The Kier molecular flexibility index (Phi) is 3.72. The van der Waals surface area contributed by atoms with Crippen molar-refractivity contribution in [2.24, 2.45) is 0 Å². The largest absolute Gasteiger partial charge is 0.481 e. The van der Waals surface area contributed by atoms with Gasteiger partial charge in [0.15, 0.2) is 0 Å². The second-order valence-electron chi connectivity index (χ2n) is 6.75. The van der Waals surface area contributed by atoms with E-state index in [1.54, 1.807) is 0 Å². The van der Waals surface area contributed by atoms with Crippen LogP contribution in [0.3, 0.4) is 0 Å². The molecule has 3 heteroatoms. The lowest BCUT2D eigenvalue weighted by Gasteiger charge is -2.33. The molecule has 0 spiro atoms. The number of hydrogen-bond donors (Lipinski definition) is 1. The Balaban J connectivity index is 2.36. The number of ketones is 1. The van der Waals surface area contributed by atoms with Crippen LogP contribution >= 0.6 is 0 Å². The highest BCUT2D eigenvalue weighted by Crippen LogP contribution is 2.39. The van der Waals surface area contributed by atoms with Crippen LogP contribution in [-0.2, 0) is 20.4 Å². The number of hydrogen-bond acceptors (Lipinski definition) is 2. The smallest absolute Gasteiger partial charge is 0.314 e. The van der Waals surface area contributed by atoms with Crippen LogP contribution in [-0.4, -0.2) is 16.9 Å². The van der Waals surface area contributed by atoms with Crippen molar-refractivity contribution in [3.05, 3.63) is 35.4 Å². The van der Waals surface area contributed by atoms with Gasteiger partial charge in [-0.25, -0.2) is 0 Å². The highest BCUT2D eigenvalue weighted by Gasteiger charge is 2.43. The summed E-state index contributed by atoms with van der Waals surface area (Å²) in [5.74, 6) is -0.637. The highest BCUT2D eigenvalue weighted by atomic mass is 16.4. The molecule has 1 aromatic rings. The standard InChI is InChI=1S/C17H22O3/c1-16(2,3)12-4-6-13(7-5-12)17(15(19)20)10-8-14(18)9-11-17/h4-7H,8-11H2,1-3H3,(H,19,20). The van der Waals surface area contributed by atoms with E-state index in [1.165, 1.54) is 5.56 Å². The first-order valence-electron chi connectivity index (χ1n) is 7.12. The van der Waals surface area contributed by atoms with Crippen LogP contribution in [0.15, 0.2) is 24.3 Å². The van der Waals surface area contributed by atoms with Crippen LogP contribution in [0.4, 0.5) is 0 Å². The molecule has 2 rings (SSSR count). The lowest BCUT2D eigenvalue weighted by Crippen LogP contribution is -2.39. The van der Waals surface area contributed by atoms with E-state index in [1.807, 2.05) is 24.3 Å². The Bertz CT molecular complexity index is 510. The fourth-order valence-electron chi connectivity index (χ4n) is 2.87. The number of carbonyl (C=O) groups is 2. The number of aliphatic carboxylic acids is 1. The van der Waals surface area contributed by atoms with Crippen molar-refractivity contribution in [3.8, 4) is 0 Å². The van der Waals surface area contributed by atoms with E-state index < -0.39 is 11.4 Å². The molecule has 0 radical (unpaired) electrons. The van der Waals surface area contributed by atoms with Gasteiger partial charge in [0.05, 0.1) is 5.41 Å². The quantitative estimate of drug-likeness (QED) is 0.898. The molecule has 1 aromatic carbocycles. The summed E-state index contributed by atoms with van der Waals surface area (Å²) in [7, 11) is 0. The third-order valence-corrected chi connectivity index (χ3v) is 4.37. The summed E-state index contributed by atoms with van der Waals surface area (Å²) in [6, 6.07) is 7.86. The number of carboxylic acid groups (broad SMARTS) is 1. The monoisotopic (exact) mass is 274 g/mol. The molecule has 0 unspecified atom stereocenters. The lowest BCUT2D eigenvalue weighted by atomic mass is 9.68. The molecular weight excluding hydrogens is 252 g/mol.